The fourth-order valence-corrected chi connectivity index (χ4v) is 3.28. The molecule has 0 saturated heterocycles. The quantitative estimate of drug-likeness (QED) is 0.338. The van der Waals surface area contributed by atoms with E-state index in [0.717, 1.165) is 12.2 Å². The van der Waals surface area contributed by atoms with Gasteiger partial charge in [-0.15, -0.1) is 0 Å². The van der Waals surface area contributed by atoms with Gasteiger partial charge < -0.3 is 4.74 Å². The van der Waals surface area contributed by atoms with E-state index in [-0.39, 0.29) is 5.56 Å². The SMILES string of the molecule is CCC(=C(c1ccccc1)c1ccc(OC(C)Cl)cc1)c1ccccc1. The van der Waals surface area contributed by atoms with Crippen LogP contribution in [0.4, 0.5) is 0 Å². The highest BCUT2D eigenvalue weighted by Gasteiger charge is 2.13. The Hall–Kier alpha value is -2.51. The lowest BCUT2D eigenvalue weighted by Gasteiger charge is -2.17. The molecule has 26 heavy (non-hydrogen) atoms. The third kappa shape index (κ3) is 4.36. The van der Waals surface area contributed by atoms with Gasteiger partial charge in [0.2, 0.25) is 0 Å². The second-order valence-corrected chi connectivity index (χ2v) is 6.74. The molecule has 2 heteroatoms. The highest BCUT2D eigenvalue weighted by Crippen LogP contribution is 2.34. The van der Waals surface area contributed by atoms with Crippen molar-refractivity contribution in [3.05, 3.63) is 102 Å². The molecule has 0 aliphatic heterocycles. The molecule has 132 valence electrons. The summed E-state index contributed by atoms with van der Waals surface area (Å²) < 4.78 is 5.58. The van der Waals surface area contributed by atoms with Crippen LogP contribution >= 0.6 is 11.6 Å². The van der Waals surface area contributed by atoms with Crippen LogP contribution in [-0.2, 0) is 0 Å². The van der Waals surface area contributed by atoms with Crippen LogP contribution in [0.2, 0.25) is 0 Å². The molecule has 0 aliphatic rings. The van der Waals surface area contributed by atoms with Crippen molar-refractivity contribution in [3.63, 3.8) is 0 Å². The summed E-state index contributed by atoms with van der Waals surface area (Å²) in [6, 6.07) is 29.3. The summed E-state index contributed by atoms with van der Waals surface area (Å²) in [6.07, 6.45) is 0.950. The largest absolute Gasteiger partial charge is 0.475 e. The lowest BCUT2D eigenvalue weighted by Crippen LogP contribution is -2.02. The molecule has 0 aliphatic carbocycles. The van der Waals surface area contributed by atoms with E-state index >= 15 is 0 Å². The minimum atomic E-state index is -0.347. The summed E-state index contributed by atoms with van der Waals surface area (Å²) in [4.78, 5) is 0. The minimum Gasteiger partial charge on any atom is -0.475 e. The monoisotopic (exact) mass is 362 g/mol. The van der Waals surface area contributed by atoms with Crippen molar-refractivity contribution in [2.75, 3.05) is 0 Å². The summed E-state index contributed by atoms with van der Waals surface area (Å²) >= 11 is 5.93. The van der Waals surface area contributed by atoms with Crippen LogP contribution in [0.25, 0.3) is 11.1 Å². The summed E-state index contributed by atoms with van der Waals surface area (Å²) in [6.45, 7) is 4.02. The van der Waals surface area contributed by atoms with Crippen molar-refractivity contribution in [2.45, 2.75) is 25.8 Å². The maximum Gasteiger partial charge on any atom is 0.169 e. The lowest BCUT2D eigenvalue weighted by atomic mass is 9.88. The Bertz CT molecular complexity index is 850. The molecule has 3 rings (SSSR count). The van der Waals surface area contributed by atoms with Gasteiger partial charge in [0.25, 0.3) is 0 Å². The molecule has 0 N–H and O–H groups in total. The van der Waals surface area contributed by atoms with Crippen molar-refractivity contribution in [1.82, 2.24) is 0 Å². The molecular weight excluding hydrogens is 340 g/mol. The topological polar surface area (TPSA) is 9.23 Å². The van der Waals surface area contributed by atoms with E-state index in [0.29, 0.717) is 0 Å². The second kappa shape index (κ2) is 8.73. The minimum absolute atomic E-state index is 0.347. The molecule has 0 bridgehead atoms. The van der Waals surface area contributed by atoms with Crippen LogP contribution in [0.5, 0.6) is 5.75 Å². The molecule has 0 spiro atoms. The number of benzene rings is 3. The third-order valence-electron chi connectivity index (χ3n) is 4.28. The molecule has 3 aromatic rings. The van der Waals surface area contributed by atoms with E-state index in [9.17, 15) is 0 Å². The first kappa shape index (κ1) is 18.3. The van der Waals surface area contributed by atoms with Crippen LogP contribution in [0.3, 0.4) is 0 Å². The van der Waals surface area contributed by atoms with Crippen LogP contribution in [0.15, 0.2) is 84.9 Å². The number of hydrogen-bond acceptors (Lipinski definition) is 1. The van der Waals surface area contributed by atoms with Crippen LogP contribution < -0.4 is 4.74 Å². The average Bonchev–Trinajstić information content (AvgIpc) is 2.68. The predicted octanol–water partition coefficient (Wildman–Crippen LogP) is 7.02. The Morgan fingerprint density at radius 3 is 1.77 bits per heavy atom. The van der Waals surface area contributed by atoms with Gasteiger partial charge in [0, 0.05) is 0 Å². The van der Waals surface area contributed by atoms with E-state index < -0.39 is 0 Å². The molecule has 0 aromatic heterocycles. The Morgan fingerprint density at radius 1 is 0.769 bits per heavy atom. The van der Waals surface area contributed by atoms with E-state index in [1.807, 2.05) is 25.1 Å². The maximum atomic E-state index is 5.93. The highest BCUT2D eigenvalue weighted by atomic mass is 35.5. The molecule has 3 aromatic carbocycles. The van der Waals surface area contributed by atoms with E-state index in [4.69, 9.17) is 16.3 Å². The first-order valence-corrected chi connectivity index (χ1v) is 9.38. The molecular formula is C24H23ClO. The van der Waals surface area contributed by atoms with Crippen molar-refractivity contribution in [2.24, 2.45) is 0 Å². The molecule has 1 atom stereocenters. The summed E-state index contributed by atoms with van der Waals surface area (Å²) in [5.41, 5.74) is 5.88. The van der Waals surface area contributed by atoms with Gasteiger partial charge in [0.15, 0.2) is 5.56 Å². The zero-order valence-electron chi connectivity index (χ0n) is 15.2. The molecule has 0 heterocycles. The third-order valence-corrected chi connectivity index (χ3v) is 4.37. The van der Waals surface area contributed by atoms with Crippen molar-refractivity contribution < 1.29 is 4.74 Å². The number of allylic oxidation sites excluding steroid dienone is 1. The second-order valence-electron chi connectivity index (χ2n) is 6.12. The molecule has 1 unspecified atom stereocenters. The molecule has 1 nitrogen and oxygen atoms in total. The van der Waals surface area contributed by atoms with Crippen molar-refractivity contribution >= 4 is 22.7 Å². The summed E-state index contributed by atoms with van der Waals surface area (Å²) in [5, 5.41) is 0. The fraction of sp³-hybridized carbons (Fsp3) is 0.167. The first-order valence-electron chi connectivity index (χ1n) is 8.94. The van der Waals surface area contributed by atoms with E-state index in [1.165, 1.54) is 27.8 Å². The molecule has 0 saturated carbocycles. The zero-order chi connectivity index (χ0) is 18.4. The van der Waals surface area contributed by atoms with Gasteiger partial charge in [-0.1, -0.05) is 91.3 Å². The lowest BCUT2D eigenvalue weighted by molar-refractivity contribution is 0.301. The molecule has 0 amide bonds. The predicted molar refractivity (Wildman–Crippen MR) is 111 cm³/mol. The highest BCUT2D eigenvalue weighted by molar-refractivity contribution is 6.19. The number of ether oxygens (including phenoxy) is 1. The zero-order valence-corrected chi connectivity index (χ0v) is 15.9. The smallest absolute Gasteiger partial charge is 0.169 e. The van der Waals surface area contributed by atoms with Crippen molar-refractivity contribution in [3.8, 4) is 5.75 Å². The van der Waals surface area contributed by atoms with Gasteiger partial charge in [0.1, 0.15) is 5.75 Å². The molecule has 0 radical (unpaired) electrons. The average molecular weight is 363 g/mol. The normalized spacial score (nSPS) is 13.0. The molecule has 0 fully saturated rings. The Labute approximate surface area is 160 Å². The van der Waals surface area contributed by atoms with Crippen LogP contribution in [-0.4, -0.2) is 5.56 Å². The maximum absolute atomic E-state index is 5.93. The van der Waals surface area contributed by atoms with Crippen molar-refractivity contribution in [1.29, 1.82) is 0 Å². The van der Waals surface area contributed by atoms with Crippen LogP contribution in [0.1, 0.15) is 37.0 Å². The number of hydrogen-bond donors (Lipinski definition) is 0. The van der Waals surface area contributed by atoms with Gasteiger partial charge in [-0.25, -0.2) is 0 Å². The van der Waals surface area contributed by atoms with Gasteiger partial charge in [-0.3, -0.25) is 0 Å². The Morgan fingerprint density at radius 2 is 1.27 bits per heavy atom. The number of halogens is 1. The van der Waals surface area contributed by atoms with Crippen LogP contribution in [0, 0.1) is 0 Å². The summed E-state index contributed by atoms with van der Waals surface area (Å²) in [7, 11) is 0. The van der Waals surface area contributed by atoms with E-state index in [1.54, 1.807) is 0 Å². The van der Waals surface area contributed by atoms with E-state index in [2.05, 4.69) is 73.7 Å². The Kier molecular flexibility index (Phi) is 6.14. The van der Waals surface area contributed by atoms with Gasteiger partial charge >= 0.3 is 0 Å². The van der Waals surface area contributed by atoms with Gasteiger partial charge in [-0.05, 0) is 53.3 Å². The fourth-order valence-electron chi connectivity index (χ4n) is 3.17. The van der Waals surface area contributed by atoms with Gasteiger partial charge in [-0.2, -0.15) is 0 Å². The Balaban J connectivity index is 2.14. The standard InChI is InChI=1S/C24H23ClO/c1-3-23(19-10-6-4-7-11-19)24(20-12-8-5-9-13-20)21-14-16-22(17-15-21)26-18(2)25/h4-18H,3H2,1-2H3. The number of rotatable bonds is 6. The number of alkyl halides is 1. The first-order chi connectivity index (χ1) is 12.7. The van der Waals surface area contributed by atoms with Gasteiger partial charge in [0.05, 0.1) is 0 Å². The summed E-state index contributed by atoms with van der Waals surface area (Å²) in [5.74, 6) is 0.779.